The Morgan fingerprint density at radius 3 is 2.70 bits per heavy atom. The van der Waals surface area contributed by atoms with Gasteiger partial charge in [0, 0.05) is 22.2 Å². The predicted octanol–water partition coefficient (Wildman–Crippen LogP) is 2.65. The van der Waals surface area contributed by atoms with Crippen LogP contribution in [0.25, 0.3) is 10.6 Å². The minimum Gasteiger partial charge on any atom is -0.368 e. The number of carbonyl (C=O) groups excluding carboxylic acids is 3. The molecule has 0 saturated carbocycles. The summed E-state index contributed by atoms with van der Waals surface area (Å²) in [6.07, 6.45) is 0. The molecule has 138 valence electrons. The summed E-state index contributed by atoms with van der Waals surface area (Å²) in [7, 11) is 0. The maximum atomic E-state index is 12.6. The van der Waals surface area contributed by atoms with Crippen LogP contribution < -0.4 is 16.4 Å². The van der Waals surface area contributed by atoms with Gasteiger partial charge in [0.1, 0.15) is 9.88 Å². The number of nitrogens with one attached hydrogen (secondary N) is 2. The van der Waals surface area contributed by atoms with Crippen molar-refractivity contribution < 1.29 is 14.4 Å². The van der Waals surface area contributed by atoms with E-state index in [0.29, 0.717) is 21.8 Å². The SMILES string of the molecule is Cc1nc(-c2ccsc2)sc1C(=O)Nc1cccc(C(=O)NCC(N)=O)c1. The number of thiazole rings is 1. The zero-order valence-corrected chi connectivity index (χ0v) is 15.9. The molecule has 9 heteroatoms. The van der Waals surface area contributed by atoms with Gasteiger partial charge in [-0.2, -0.15) is 11.3 Å². The lowest BCUT2D eigenvalue weighted by Crippen LogP contribution is -2.33. The number of rotatable bonds is 6. The molecule has 3 rings (SSSR count). The summed E-state index contributed by atoms with van der Waals surface area (Å²) in [4.78, 5) is 40.4. The highest BCUT2D eigenvalue weighted by Gasteiger charge is 2.17. The van der Waals surface area contributed by atoms with E-state index in [0.717, 1.165) is 10.6 Å². The average molecular weight is 400 g/mol. The van der Waals surface area contributed by atoms with E-state index in [9.17, 15) is 14.4 Å². The van der Waals surface area contributed by atoms with E-state index in [1.165, 1.54) is 17.4 Å². The zero-order valence-electron chi connectivity index (χ0n) is 14.3. The van der Waals surface area contributed by atoms with Crippen molar-refractivity contribution in [2.24, 2.45) is 5.73 Å². The second-order valence-electron chi connectivity index (χ2n) is 5.63. The van der Waals surface area contributed by atoms with Crippen LogP contribution in [-0.2, 0) is 4.79 Å². The molecule has 3 amide bonds. The predicted molar refractivity (Wildman–Crippen MR) is 106 cm³/mol. The third kappa shape index (κ3) is 4.57. The van der Waals surface area contributed by atoms with Gasteiger partial charge in [0.05, 0.1) is 12.2 Å². The molecule has 2 aromatic heterocycles. The van der Waals surface area contributed by atoms with Crippen LogP contribution in [0.4, 0.5) is 5.69 Å². The Bertz CT molecular complexity index is 996. The molecule has 4 N–H and O–H groups in total. The molecule has 0 spiro atoms. The Morgan fingerprint density at radius 2 is 2.00 bits per heavy atom. The summed E-state index contributed by atoms with van der Waals surface area (Å²) in [5.74, 6) is -1.37. The lowest BCUT2D eigenvalue weighted by Gasteiger charge is -2.07. The first-order valence-electron chi connectivity index (χ1n) is 7.92. The van der Waals surface area contributed by atoms with Crippen LogP contribution in [0.3, 0.4) is 0 Å². The van der Waals surface area contributed by atoms with Crippen molar-refractivity contribution in [2.45, 2.75) is 6.92 Å². The number of aromatic nitrogens is 1. The van der Waals surface area contributed by atoms with Crippen LogP contribution in [-0.4, -0.2) is 29.3 Å². The molecule has 0 aliphatic rings. The molecule has 0 saturated heterocycles. The van der Waals surface area contributed by atoms with E-state index in [2.05, 4.69) is 15.6 Å². The number of carbonyl (C=O) groups is 3. The number of amides is 3. The largest absolute Gasteiger partial charge is 0.368 e. The molecule has 0 atom stereocenters. The van der Waals surface area contributed by atoms with E-state index < -0.39 is 11.8 Å². The fraction of sp³-hybridized carbons (Fsp3) is 0.111. The molecule has 0 radical (unpaired) electrons. The summed E-state index contributed by atoms with van der Waals surface area (Å²) >= 11 is 2.89. The van der Waals surface area contributed by atoms with Crippen molar-refractivity contribution in [3.8, 4) is 10.6 Å². The summed E-state index contributed by atoms with van der Waals surface area (Å²) in [5, 5.41) is 9.92. The number of aryl methyl sites for hydroxylation is 1. The van der Waals surface area contributed by atoms with E-state index in [1.807, 2.05) is 16.8 Å². The van der Waals surface area contributed by atoms with Crippen molar-refractivity contribution in [1.29, 1.82) is 0 Å². The number of hydrogen-bond acceptors (Lipinski definition) is 6. The normalized spacial score (nSPS) is 10.4. The van der Waals surface area contributed by atoms with Gasteiger partial charge in [-0.15, -0.1) is 11.3 Å². The van der Waals surface area contributed by atoms with Gasteiger partial charge in [0.25, 0.3) is 11.8 Å². The Hall–Kier alpha value is -3.04. The molecule has 2 heterocycles. The van der Waals surface area contributed by atoms with Crippen LogP contribution in [0.1, 0.15) is 25.7 Å². The molecule has 0 bridgehead atoms. The van der Waals surface area contributed by atoms with E-state index in [4.69, 9.17) is 5.73 Å². The molecule has 3 aromatic rings. The van der Waals surface area contributed by atoms with Crippen molar-refractivity contribution >= 4 is 46.1 Å². The molecule has 27 heavy (non-hydrogen) atoms. The Kier molecular flexibility index (Phi) is 5.63. The van der Waals surface area contributed by atoms with Crippen LogP contribution in [0.2, 0.25) is 0 Å². The van der Waals surface area contributed by atoms with Gasteiger partial charge in [-0.1, -0.05) is 6.07 Å². The smallest absolute Gasteiger partial charge is 0.267 e. The first-order valence-corrected chi connectivity index (χ1v) is 9.68. The van der Waals surface area contributed by atoms with Gasteiger partial charge < -0.3 is 16.4 Å². The summed E-state index contributed by atoms with van der Waals surface area (Å²) in [6.45, 7) is 1.54. The van der Waals surface area contributed by atoms with Crippen molar-refractivity contribution in [3.05, 3.63) is 57.2 Å². The highest BCUT2D eigenvalue weighted by Crippen LogP contribution is 2.29. The molecular weight excluding hydrogens is 384 g/mol. The fourth-order valence-electron chi connectivity index (χ4n) is 2.31. The van der Waals surface area contributed by atoms with Gasteiger partial charge in [-0.3, -0.25) is 14.4 Å². The van der Waals surface area contributed by atoms with Gasteiger partial charge in [-0.25, -0.2) is 4.98 Å². The lowest BCUT2D eigenvalue weighted by molar-refractivity contribution is -0.117. The van der Waals surface area contributed by atoms with E-state index in [1.54, 1.807) is 36.5 Å². The summed E-state index contributed by atoms with van der Waals surface area (Å²) < 4.78 is 0. The van der Waals surface area contributed by atoms with Crippen molar-refractivity contribution in [3.63, 3.8) is 0 Å². The number of benzene rings is 1. The number of hydrogen-bond donors (Lipinski definition) is 3. The minimum absolute atomic E-state index is 0.249. The van der Waals surface area contributed by atoms with Crippen molar-refractivity contribution in [2.75, 3.05) is 11.9 Å². The highest BCUT2D eigenvalue weighted by atomic mass is 32.1. The molecule has 0 aliphatic heterocycles. The standard InChI is InChI=1S/C18H16N4O3S2/c1-10-15(27-18(21-10)12-5-6-26-9-12)17(25)22-13-4-2-3-11(7-13)16(24)20-8-14(19)23/h2-7,9H,8H2,1H3,(H2,19,23)(H,20,24)(H,22,25). The molecular formula is C18H16N4O3S2. The maximum Gasteiger partial charge on any atom is 0.267 e. The highest BCUT2D eigenvalue weighted by molar-refractivity contribution is 7.17. The Morgan fingerprint density at radius 1 is 1.19 bits per heavy atom. The van der Waals surface area contributed by atoms with Crippen LogP contribution >= 0.6 is 22.7 Å². The lowest BCUT2D eigenvalue weighted by atomic mass is 10.2. The number of nitrogens with zero attached hydrogens (tertiary/aromatic N) is 1. The number of nitrogens with two attached hydrogens (primary N) is 1. The van der Waals surface area contributed by atoms with Crippen LogP contribution in [0.5, 0.6) is 0 Å². The first kappa shape index (κ1) is 18.7. The number of primary amides is 1. The summed E-state index contributed by atoms with van der Waals surface area (Å²) in [6, 6.07) is 8.39. The fourth-order valence-corrected chi connectivity index (χ4v) is 3.99. The zero-order chi connectivity index (χ0) is 19.4. The van der Waals surface area contributed by atoms with Gasteiger partial charge in [0.15, 0.2) is 0 Å². The van der Waals surface area contributed by atoms with E-state index >= 15 is 0 Å². The quantitative estimate of drug-likeness (QED) is 0.590. The topological polar surface area (TPSA) is 114 Å². The minimum atomic E-state index is -0.630. The average Bonchev–Trinajstić information content (AvgIpc) is 3.29. The van der Waals surface area contributed by atoms with Gasteiger partial charge in [0.2, 0.25) is 5.91 Å². The maximum absolute atomic E-state index is 12.6. The third-order valence-corrected chi connectivity index (χ3v) is 5.47. The van der Waals surface area contributed by atoms with Crippen LogP contribution in [0, 0.1) is 6.92 Å². The van der Waals surface area contributed by atoms with Gasteiger partial charge in [-0.05, 0) is 36.6 Å². The van der Waals surface area contributed by atoms with Crippen LogP contribution in [0.15, 0.2) is 41.1 Å². The third-order valence-electron chi connectivity index (χ3n) is 3.58. The summed E-state index contributed by atoms with van der Waals surface area (Å²) in [5.41, 5.74) is 7.43. The molecule has 0 fully saturated rings. The second kappa shape index (κ2) is 8.11. The first-order chi connectivity index (χ1) is 12.9. The van der Waals surface area contributed by atoms with Crippen molar-refractivity contribution in [1.82, 2.24) is 10.3 Å². The van der Waals surface area contributed by atoms with E-state index in [-0.39, 0.29) is 12.5 Å². The monoisotopic (exact) mass is 400 g/mol. The number of thiophene rings is 1. The van der Waals surface area contributed by atoms with Gasteiger partial charge >= 0.3 is 0 Å². The molecule has 1 aromatic carbocycles. The molecule has 0 unspecified atom stereocenters. The molecule has 0 aliphatic carbocycles. The molecule has 7 nitrogen and oxygen atoms in total. The number of anilines is 1. The Balaban J connectivity index is 1.74. The second-order valence-corrected chi connectivity index (χ2v) is 7.41. The Labute approximate surface area is 163 Å².